The van der Waals surface area contributed by atoms with E-state index in [4.69, 9.17) is 9.47 Å². The zero-order valence-corrected chi connectivity index (χ0v) is 32.2. The van der Waals surface area contributed by atoms with Crippen LogP contribution < -0.4 is 16.0 Å². The maximum absolute atomic E-state index is 14.1. The van der Waals surface area contributed by atoms with Crippen LogP contribution in [0.15, 0.2) is 30.3 Å². The van der Waals surface area contributed by atoms with Crippen LogP contribution in [0.25, 0.3) is 0 Å². The zero-order valence-electron chi connectivity index (χ0n) is 32.2. The normalized spacial score (nSPS) is 18.9. The largest absolute Gasteiger partial charge is 0.379 e. The van der Waals surface area contributed by atoms with E-state index in [1.165, 1.54) is 7.11 Å². The second kappa shape index (κ2) is 20.5. The third-order valence-electron chi connectivity index (χ3n) is 10.3. The Bertz CT molecular complexity index is 1260. The van der Waals surface area contributed by atoms with Gasteiger partial charge in [-0.1, -0.05) is 85.2 Å². The summed E-state index contributed by atoms with van der Waals surface area (Å²) in [6.07, 6.45) is 0.962. The van der Waals surface area contributed by atoms with E-state index in [9.17, 15) is 24.0 Å². The Morgan fingerprint density at radius 3 is 2.06 bits per heavy atom. The van der Waals surface area contributed by atoms with E-state index < -0.39 is 36.3 Å². The topological polar surface area (TPSA) is 146 Å². The second-order valence-electron chi connectivity index (χ2n) is 14.3. The summed E-state index contributed by atoms with van der Waals surface area (Å²) in [5.74, 6) is -1.93. The summed E-state index contributed by atoms with van der Waals surface area (Å²) in [5.41, 5.74) is 0.519. The maximum Gasteiger partial charge on any atom is 0.245 e. The number of benzene rings is 1. The van der Waals surface area contributed by atoms with Gasteiger partial charge < -0.3 is 35.2 Å². The predicted octanol–water partition coefficient (Wildman–Crippen LogP) is 3.29. The molecule has 1 aromatic carbocycles. The van der Waals surface area contributed by atoms with Gasteiger partial charge in [0.15, 0.2) is 5.78 Å². The van der Waals surface area contributed by atoms with E-state index >= 15 is 0 Å². The molecule has 1 fully saturated rings. The zero-order chi connectivity index (χ0) is 37.7. The quantitative estimate of drug-likeness (QED) is 0.176. The minimum absolute atomic E-state index is 0.0191. The number of hydrogen-bond donors (Lipinski definition) is 3. The van der Waals surface area contributed by atoms with E-state index in [0.717, 1.165) is 12.8 Å². The van der Waals surface area contributed by atoms with Gasteiger partial charge in [0, 0.05) is 33.4 Å². The standard InChI is InChI=1S/C38H63N5O7/c1-12-25(6)34(42(9)38(48)33(24(4)5)41-37(47)32(39-8)23(2)3)30(49-10)21-31(45)43-20-16-19-28(43)35(50-11)26(7)36(46)40-22-29(44)27-17-14-13-15-18-27/h13-15,17-18,23-26,28,30,32-35,39H,12,16,19-22H2,1-11H3,(H,40,46)(H,41,47)/t25-,26+,28-,30+,32-,33-,34?,35+/m0/s1. The monoisotopic (exact) mass is 701 g/mol. The molecule has 2 rings (SSSR count). The SMILES string of the molecule is CC[C@H](C)C([C@@H](CC(=O)N1CCC[C@H]1[C@H](OC)[C@@H](C)C(=O)NCC(=O)c1ccccc1)OC)N(C)C(=O)[C@@H](NC(=O)[C@@H](NC)C(C)C)C(C)C. The van der Waals surface area contributed by atoms with Crippen LogP contribution in [-0.4, -0.2) is 117 Å². The van der Waals surface area contributed by atoms with Crippen LogP contribution in [0.1, 0.15) is 84.5 Å². The van der Waals surface area contributed by atoms with Crippen LogP contribution in [0.3, 0.4) is 0 Å². The molecule has 1 saturated heterocycles. The summed E-state index contributed by atoms with van der Waals surface area (Å²) >= 11 is 0. The summed E-state index contributed by atoms with van der Waals surface area (Å²) in [6.45, 7) is 13.9. The lowest BCUT2D eigenvalue weighted by molar-refractivity contribution is -0.147. The molecule has 0 spiro atoms. The lowest BCUT2D eigenvalue weighted by Crippen LogP contribution is -2.59. The van der Waals surface area contributed by atoms with Crippen LogP contribution in [-0.2, 0) is 28.7 Å². The molecule has 0 aliphatic carbocycles. The van der Waals surface area contributed by atoms with Crippen molar-refractivity contribution in [3.8, 4) is 0 Å². The van der Waals surface area contributed by atoms with E-state index in [2.05, 4.69) is 16.0 Å². The Kier molecular flexibility index (Phi) is 17.5. The number of carbonyl (C=O) groups excluding carboxylic acids is 5. The fraction of sp³-hybridized carbons (Fsp3) is 0.711. The van der Waals surface area contributed by atoms with Gasteiger partial charge in [0.05, 0.1) is 49.2 Å². The molecule has 50 heavy (non-hydrogen) atoms. The predicted molar refractivity (Wildman–Crippen MR) is 194 cm³/mol. The Hall–Kier alpha value is -3.35. The number of likely N-dealkylation sites (N-methyl/N-ethyl adjacent to an activating group) is 2. The van der Waals surface area contributed by atoms with Crippen LogP contribution in [0.2, 0.25) is 0 Å². The Balaban J connectivity index is 2.22. The number of methoxy groups -OCH3 is 2. The first-order valence-electron chi connectivity index (χ1n) is 18.1. The van der Waals surface area contributed by atoms with Crippen LogP contribution in [0.5, 0.6) is 0 Å². The number of carbonyl (C=O) groups is 5. The number of Topliss-reactive ketones (excluding diaryl/α,β-unsaturated/α-hetero) is 1. The molecule has 1 heterocycles. The average Bonchev–Trinajstić information content (AvgIpc) is 3.58. The fourth-order valence-electron chi connectivity index (χ4n) is 7.10. The lowest BCUT2D eigenvalue weighted by Gasteiger charge is -2.41. The minimum atomic E-state index is -0.761. The molecule has 0 saturated carbocycles. The highest BCUT2D eigenvalue weighted by atomic mass is 16.5. The molecule has 1 unspecified atom stereocenters. The molecular weight excluding hydrogens is 638 g/mol. The lowest BCUT2D eigenvalue weighted by atomic mass is 9.89. The van der Waals surface area contributed by atoms with Crippen LogP contribution in [0.4, 0.5) is 0 Å². The maximum atomic E-state index is 14.1. The molecule has 0 aromatic heterocycles. The third-order valence-corrected chi connectivity index (χ3v) is 10.3. The number of amides is 4. The number of ketones is 1. The van der Waals surface area contributed by atoms with Crippen LogP contribution in [0, 0.1) is 23.7 Å². The molecule has 0 bridgehead atoms. The van der Waals surface area contributed by atoms with Crippen molar-refractivity contribution in [2.75, 3.05) is 41.4 Å². The number of likely N-dealkylation sites (tertiary alicyclic amines) is 1. The molecular formula is C38H63N5O7. The van der Waals surface area contributed by atoms with E-state index in [-0.39, 0.29) is 66.2 Å². The van der Waals surface area contributed by atoms with Gasteiger partial charge in [0.25, 0.3) is 0 Å². The van der Waals surface area contributed by atoms with Crippen molar-refractivity contribution in [3.05, 3.63) is 35.9 Å². The van der Waals surface area contributed by atoms with Crippen molar-refractivity contribution in [2.24, 2.45) is 23.7 Å². The molecule has 8 atom stereocenters. The van der Waals surface area contributed by atoms with E-state index in [1.807, 2.05) is 47.6 Å². The van der Waals surface area contributed by atoms with Crippen LogP contribution >= 0.6 is 0 Å². The van der Waals surface area contributed by atoms with Gasteiger partial charge in [0.1, 0.15) is 6.04 Å². The summed E-state index contributed by atoms with van der Waals surface area (Å²) in [6, 6.07) is 6.78. The van der Waals surface area contributed by atoms with Crippen molar-refractivity contribution in [1.29, 1.82) is 0 Å². The number of hydrogen-bond acceptors (Lipinski definition) is 8. The van der Waals surface area contributed by atoms with Crippen molar-refractivity contribution in [3.63, 3.8) is 0 Å². The third kappa shape index (κ3) is 11.1. The fourth-order valence-corrected chi connectivity index (χ4v) is 7.10. The first kappa shape index (κ1) is 42.8. The summed E-state index contributed by atoms with van der Waals surface area (Å²) in [4.78, 5) is 70.5. The highest BCUT2D eigenvalue weighted by molar-refractivity contribution is 5.99. The molecule has 1 aliphatic rings. The first-order valence-corrected chi connectivity index (χ1v) is 18.1. The van der Waals surface area contributed by atoms with Gasteiger partial charge in [-0.05, 0) is 37.6 Å². The molecule has 1 aliphatic heterocycles. The van der Waals surface area contributed by atoms with Crippen molar-refractivity contribution in [2.45, 2.75) is 111 Å². The number of nitrogens with zero attached hydrogens (tertiary/aromatic N) is 2. The molecule has 282 valence electrons. The number of nitrogens with one attached hydrogen (secondary N) is 3. The average molecular weight is 702 g/mol. The number of rotatable bonds is 20. The van der Waals surface area contributed by atoms with Gasteiger partial charge in [-0.15, -0.1) is 0 Å². The highest BCUT2D eigenvalue weighted by Crippen LogP contribution is 2.29. The molecule has 12 heteroatoms. The van der Waals surface area contributed by atoms with E-state index in [0.29, 0.717) is 18.5 Å². The van der Waals surface area contributed by atoms with Gasteiger partial charge >= 0.3 is 0 Å². The number of ether oxygens (including phenoxy) is 2. The Morgan fingerprint density at radius 2 is 1.54 bits per heavy atom. The molecule has 4 amide bonds. The van der Waals surface area contributed by atoms with Gasteiger partial charge in [-0.25, -0.2) is 0 Å². The van der Waals surface area contributed by atoms with Gasteiger partial charge in [0.2, 0.25) is 23.6 Å². The van der Waals surface area contributed by atoms with Crippen molar-refractivity contribution in [1.82, 2.24) is 25.8 Å². The Labute approximate surface area is 299 Å². The summed E-state index contributed by atoms with van der Waals surface area (Å²) < 4.78 is 11.8. The van der Waals surface area contributed by atoms with Gasteiger partial charge in [-0.3, -0.25) is 24.0 Å². The van der Waals surface area contributed by atoms with Crippen molar-refractivity contribution < 1.29 is 33.4 Å². The first-order chi connectivity index (χ1) is 23.6. The highest BCUT2D eigenvalue weighted by Gasteiger charge is 2.43. The smallest absolute Gasteiger partial charge is 0.245 e. The van der Waals surface area contributed by atoms with E-state index in [1.54, 1.807) is 62.2 Å². The second-order valence-corrected chi connectivity index (χ2v) is 14.3. The van der Waals surface area contributed by atoms with Gasteiger partial charge in [-0.2, -0.15) is 0 Å². The summed E-state index contributed by atoms with van der Waals surface area (Å²) in [7, 11) is 6.53. The molecule has 1 aromatic rings. The van der Waals surface area contributed by atoms with Crippen molar-refractivity contribution >= 4 is 29.4 Å². The molecule has 3 N–H and O–H groups in total. The molecule has 0 radical (unpaired) electrons. The summed E-state index contributed by atoms with van der Waals surface area (Å²) in [5, 5.41) is 8.76. The Morgan fingerprint density at radius 1 is 0.920 bits per heavy atom. The molecule has 12 nitrogen and oxygen atoms in total. The minimum Gasteiger partial charge on any atom is -0.379 e.